The first-order chi connectivity index (χ1) is 13.0. The van der Waals surface area contributed by atoms with Crippen molar-refractivity contribution in [2.75, 3.05) is 25.1 Å². The zero-order chi connectivity index (χ0) is 19.8. The molecule has 6 nitrogen and oxygen atoms in total. The van der Waals surface area contributed by atoms with Crippen LogP contribution in [0.5, 0.6) is 11.5 Å². The third-order valence-electron chi connectivity index (χ3n) is 3.33. The quantitative estimate of drug-likeness (QED) is 0.643. The summed E-state index contributed by atoms with van der Waals surface area (Å²) in [5.41, 5.74) is 0.507. The van der Waals surface area contributed by atoms with Gasteiger partial charge in [0.2, 0.25) is 0 Å². The van der Waals surface area contributed by atoms with E-state index in [2.05, 4.69) is 5.32 Å². The van der Waals surface area contributed by atoms with Gasteiger partial charge in [-0.1, -0.05) is 29.3 Å². The number of nitrogens with one attached hydrogen (secondary N) is 1. The second kappa shape index (κ2) is 10.0. The van der Waals surface area contributed by atoms with Gasteiger partial charge < -0.3 is 19.5 Å². The van der Waals surface area contributed by atoms with Gasteiger partial charge in [-0.05, 0) is 38.1 Å². The Morgan fingerprint density at radius 3 is 2.22 bits per heavy atom. The number of hydrogen-bond acceptors (Lipinski definition) is 5. The molecule has 0 aliphatic heterocycles. The lowest BCUT2D eigenvalue weighted by Crippen LogP contribution is -2.21. The molecule has 27 heavy (non-hydrogen) atoms. The molecule has 1 amide bonds. The normalized spacial score (nSPS) is 10.2. The second-order valence-corrected chi connectivity index (χ2v) is 6.06. The van der Waals surface area contributed by atoms with Gasteiger partial charge in [0.1, 0.15) is 0 Å². The lowest BCUT2D eigenvalue weighted by Gasteiger charge is -2.13. The summed E-state index contributed by atoms with van der Waals surface area (Å²) in [5.74, 6) is -0.199. The van der Waals surface area contributed by atoms with E-state index in [1.807, 2.05) is 13.8 Å². The average Bonchev–Trinajstić information content (AvgIpc) is 2.62. The first kappa shape index (κ1) is 20.9. The first-order valence-corrected chi connectivity index (χ1v) is 9.02. The van der Waals surface area contributed by atoms with Crippen molar-refractivity contribution in [1.82, 2.24) is 0 Å². The van der Waals surface area contributed by atoms with Gasteiger partial charge in [-0.15, -0.1) is 0 Å². The monoisotopic (exact) mass is 411 g/mol. The zero-order valence-corrected chi connectivity index (χ0v) is 16.4. The number of carbonyl (C=O) groups is 2. The van der Waals surface area contributed by atoms with Crippen molar-refractivity contribution in [2.24, 2.45) is 0 Å². The second-order valence-electron chi connectivity index (χ2n) is 5.25. The van der Waals surface area contributed by atoms with Crippen LogP contribution in [0, 0.1) is 0 Å². The van der Waals surface area contributed by atoms with Crippen LogP contribution in [0.3, 0.4) is 0 Å². The third-order valence-corrected chi connectivity index (χ3v) is 3.96. The standard InChI is InChI=1S/C19H19Cl2NO5/c1-3-25-15-9-8-12(10-16(15)26-4-2)22-17(23)11-27-19(24)18-13(20)6-5-7-14(18)21/h5-10H,3-4,11H2,1-2H3,(H,22,23). The van der Waals surface area contributed by atoms with Crippen molar-refractivity contribution in [3.63, 3.8) is 0 Å². The van der Waals surface area contributed by atoms with Crippen LogP contribution in [-0.4, -0.2) is 31.7 Å². The molecule has 0 bridgehead atoms. The summed E-state index contributed by atoms with van der Waals surface area (Å²) in [6.45, 7) is 4.17. The number of carbonyl (C=O) groups excluding carboxylic acids is 2. The summed E-state index contributed by atoms with van der Waals surface area (Å²) in [4.78, 5) is 24.2. The summed E-state index contributed by atoms with van der Waals surface area (Å²) in [6, 6.07) is 9.63. The minimum Gasteiger partial charge on any atom is -0.490 e. The number of ether oxygens (including phenoxy) is 3. The number of halogens is 2. The Kier molecular flexibility index (Phi) is 7.76. The largest absolute Gasteiger partial charge is 0.490 e. The van der Waals surface area contributed by atoms with Gasteiger partial charge in [-0.25, -0.2) is 4.79 Å². The number of esters is 1. The predicted molar refractivity (Wildman–Crippen MR) is 104 cm³/mol. The fourth-order valence-electron chi connectivity index (χ4n) is 2.22. The molecular weight excluding hydrogens is 393 g/mol. The maximum absolute atomic E-state index is 12.1. The van der Waals surface area contributed by atoms with Crippen LogP contribution in [0.1, 0.15) is 24.2 Å². The number of hydrogen-bond donors (Lipinski definition) is 1. The van der Waals surface area contributed by atoms with Crippen molar-refractivity contribution in [1.29, 1.82) is 0 Å². The highest BCUT2D eigenvalue weighted by Gasteiger charge is 2.17. The molecule has 0 radical (unpaired) electrons. The van der Waals surface area contributed by atoms with Crippen molar-refractivity contribution in [3.8, 4) is 11.5 Å². The molecule has 0 saturated carbocycles. The van der Waals surface area contributed by atoms with E-state index in [4.69, 9.17) is 37.4 Å². The van der Waals surface area contributed by atoms with Crippen molar-refractivity contribution in [3.05, 3.63) is 52.0 Å². The van der Waals surface area contributed by atoms with Crippen LogP contribution in [0.2, 0.25) is 10.0 Å². The molecule has 144 valence electrons. The third kappa shape index (κ3) is 5.77. The number of rotatable bonds is 8. The van der Waals surface area contributed by atoms with Gasteiger partial charge in [0, 0.05) is 11.8 Å². The Bertz CT molecular complexity index is 805. The Labute approximate surface area is 167 Å². The lowest BCUT2D eigenvalue weighted by molar-refractivity contribution is -0.119. The summed E-state index contributed by atoms with van der Waals surface area (Å²) in [6.07, 6.45) is 0. The molecule has 0 atom stereocenters. The minimum absolute atomic E-state index is 0.0216. The van der Waals surface area contributed by atoms with Gasteiger partial charge in [0.05, 0.1) is 28.8 Å². The Hall–Kier alpha value is -2.44. The Morgan fingerprint density at radius 2 is 1.59 bits per heavy atom. The van der Waals surface area contributed by atoms with Crippen molar-refractivity contribution >= 4 is 40.8 Å². The molecule has 1 N–H and O–H groups in total. The Balaban J connectivity index is 1.99. The molecule has 2 aromatic rings. The maximum Gasteiger partial charge on any atom is 0.341 e. The highest BCUT2D eigenvalue weighted by atomic mass is 35.5. The van der Waals surface area contributed by atoms with E-state index >= 15 is 0 Å². The fourth-order valence-corrected chi connectivity index (χ4v) is 2.77. The SMILES string of the molecule is CCOc1ccc(NC(=O)COC(=O)c2c(Cl)cccc2Cl)cc1OCC. The van der Waals surface area contributed by atoms with E-state index in [0.29, 0.717) is 30.4 Å². The van der Waals surface area contributed by atoms with Crippen LogP contribution >= 0.6 is 23.2 Å². The summed E-state index contributed by atoms with van der Waals surface area (Å²) < 4.78 is 16.0. The number of amides is 1. The molecule has 0 unspecified atom stereocenters. The fraction of sp³-hybridized carbons (Fsp3) is 0.263. The number of anilines is 1. The van der Waals surface area contributed by atoms with Gasteiger partial charge in [-0.3, -0.25) is 4.79 Å². The predicted octanol–water partition coefficient (Wildman–Crippen LogP) is 4.59. The Morgan fingerprint density at radius 1 is 0.963 bits per heavy atom. The summed E-state index contributed by atoms with van der Waals surface area (Å²) in [5, 5.41) is 2.94. The summed E-state index contributed by atoms with van der Waals surface area (Å²) >= 11 is 11.9. The van der Waals surface area contributed by atoms with Crippen LogP contribution in [0.15, 0.2) is 36.4 Å². The van der Waals surface area contributed by atoms with Gasteiger partial charge in [0.25, 0.3) is 5.91 Å². The van der Waals surface area contributed by atoms with E-state index in [9.17, 15) is 9.59 Å². The molecule has 0 aromatic heterocycles. The van der Waals surface area contributed by atoms with E-state index in [0.717, 1.165) is 0 Å². The smallest absolute Gasteiger partial charge is 0.341 e. The highest BCUT2D eigenvalue weighted by molar-refractivity contribution is 6.39. The van der Waals surface area contributed by atoms with E-state index in [1.165, 1.54) is 12.1 Å². The minimum atomic E-state index is -0.776. The molecule has 2 aromatic carbocycles. The first-order valence-electron chi connectivity index (χ1n) is 8.26. The molecule has 0 aliphatic carbocycles. The van der Waals surface area contributed by atoms with Gasteiger partial charge >= 0.3 is 5.97 Å². The molecule has 0 fully saturated rings. The van der Waals surface area contributed by atoms with E-state index in [-0.39, 0.29) is 15.6 Å². The topological polar surface area (TPSA) is 73.9 Å². The zero-order valence-electron chi connectivity index (χ0n) is 14.9. The van der Waals surface area contributed by atoms with Crippen LogP contribution < -0.4 is 14.8 Å². The molecule has 0 aliphatic rings. The molecule has 2 rings (SSSR count). The average molecular weight is 412 g/mol. The van der Waals surface area contributed by atoms with Crippen LogP contribution in [0.25, 0.3) is 0 Å². The van der Waals surface area contributed by atoms with Crippen LogP contribution in [0.4, 0.5) is 5.69 Å². The van der Waals surface area contributed by atoms with Gasteiger partial charge in [0.15, 0.2) is 18.1 Å². The molecule has 0 heterocycles. The van der Waals surface area contributed by atoms with Crippen LogP contribution in [-0.2, 0) is 9.53 Å². The molecule has 0 saturated heterocycles. The summed E-state index contributed by atoms with van der Waals surface area (Å²) in [7, 11) is 0. The van der Waals surface area contributed by atoms with E-state index < -0.39 is 18.5 Å². The molecule has 0 spiro atoms. The molecular formula is C19H19Cl2NO5. The van der Waals surface area contributed by atoms with E-state index in [1.54, 1.807) is 24.3 Å². The molecule has 8 heteroatoms. The van der Waals surface area contributed by atoms with Crippen molar-refractivity contribution in [2.45, 2.75) is 13.8 Å². The highest BCUT2D eigenvalue weighted by Crippen LogP contribution is 2.30. The lowest BCUT2D eigenvalue weighted by atomic mass is 10.2. The maximum atomic E-state index is 12.1. The van der Waals surface area contributed by atoms with Crippen molar-refractivity contribution < 1.29 is 23.8 Å². The van der Waals surface area contributed by atoms with Gasteiger partial charge in [-0.2, -0.15) is 0 Å². The number of benzene rings is 2.